The number of amides is 1. The van der Waals surface area contributed by atoms with E-state index in [0.29, 0.717) is 10.4 Å². The minimum Gasteiger partial charge on any atom is -0.347 e. The Morgan fingerprint density at radius 2 is 1.85 bits per heavy atom. The third-order valence-electron chi connectivity index (χ3n) is 2.41. The quantitative estimate of drug-likeness (QED) is 0.875. The fourth-order valence-electron chi connectivity index (χ4n) is 1.46. The number of carbonyl (C=O) groups is 1. The van der Waals surface area contributed by atoms with Gasteiger partial charge >= 0.3 is 0 Å². The molecule has 8 heteroatoms. The molecule has 0 saturated heterocycles. The van der Waals surface area contributed by atoms with E-state index in [9.17, 15) is 17.6 Å². The first-order valence-corrected chi connectivity index (χ1v) is 8.56. The first-order chi connectivity index (χ1) is 9.36. The van der Waals surface area contributed by atoms with Crippen molar-refractivity contribution in [2.45, 2.75) is 10.8 Å². The third kappa shape index (κ3) is 3.78. The highest BCUT2D eigenvalue weighted by Crippen LogP contribution is 2.24. The summed E-state index contributed by atoms with van der Waals surface area (Å²) in [4.78, 5) is 12.4. The van der Waals surface area contributed by atoms with Crippen molar-refractivity contribution >= 4 is 37.0 Å². The highest BCUT2D eigenvalue weighted by molar-refractivity contribution is 8.15. The van der Waals surface area contributed by atoms with Crippen LogP contribution in [-0.4, -0.2) is 14.3 Å². The van der Waals surface area contributed by atoms with Gasteiger partial charge in [0.25, 0.3) is 15.0 Å². The van der Waals surface area contributed by atoms with Crippen LogP contribution in [0.5, 0.6) is 0 Å². The van der Waals surface area contributed by atoms with Gasteiger partial charge in [0.2, 0.25) is 0 Å². The Morgan fingerprint density at radius 1 is 1.20 bits per heavy atom. The summed E-state index contributed by atoms with van der Waals surface area (Å²) < 4.78 is 34.9. The highest BCUT2D eigenvalue weighted by atomic mass is 35.7. The number of benzene rings is 1. The van der Waals surface area contributed by atoms with Gasteiger partial charge in [-0.3, -0.25) is 4.79 Å². The lowest BCUT2D eigenvalue weighted by Crippen LogP contribution is -2.22. The van der Waals surface area contributed by atoms with Crippen molar-refractivity contribution in [1.29, 1.82) is 0 Å². The van der Waals surface area contributed by atoms with Crippen LogP contribution in [0.1, 0.15) is 15.2 Å². The van der Waals surface area contributed by atoms with Gasteiger partial charge in [-0.15, -0.1) is 11.3 Å². The van der Waals surface area contributed by atoms with E-state index in [1.807, 2.05) is 0 Å². The molecular weight excluding hydrogens is 325 g/mol. The normalized spacial score (nSPS) is 11.3. The molecule has 1 amide bonds. The molecule has 1 aromatic heterocycles. The molecule has 2 rings (SSSR count). The zero-order valence-corrected chi connectivity index (χ0v) is 12.4. The lowest BCUT2D eigenvalue weighted by molar-refractivity contribution is 0.0951. The van der Waals surface area contributed by atoms with Crippen molar-refractivity contribution < 1.29 is 17.6 Å². The molecule has 0 radical (unpaired) electrons. The largest absolute Gasteiger partial charge is 0.347 e. The Kier molecular flexibility index (Phi) is 4.42. The Bertz CT molecular complexity index is 725. The minimum atomic E-state index is -3.74. The third-order valence-corrected chi connectivity index (χ3v) is 5.58. The van der Waals surface area contributed by atoms with Gasteiger partial charge in [-0.25, -0.2) is 12.8 Å². The smallest absolute Gasteiger partial charge is 0.270 e. The summed E-state index contributed by atoms with van der Waals surface area (Å²) in [7, 11) is 1.46. The second-order valence-corrected chi connectivity index (χ2v) is 7.81. The standard InChI is InChI=1S/C12H9ClFNO3S2/c13-20(17,18)11-6-5-10(19-11)7-15-12(16)8-1-3-9(14)4-2-8/h1-6H,7H2,(H,15,16). The van der Waals surface area contributed by atoms with Crippen molar-refractivity contribution in [3.05, 3.63) is 52.7 Å². The van der Waals surface area contributed by atoms with E-state index in [2.05, 4.69) is 5.32 Å². The number of carbonyl (C=O) groups excluding carboxylic acids is 1. The molecule has 4 nitrogen and oxygen atoms in total. The maximum Gasteiger partial charge on any atom is 0.270 e. The van der Waals surface area contributed by atoms with Gasteiger partial charge in [0.05, 0.1) is 6.54 Å². The van der Waals surface area contributed by atoms with Gasteiger partial charge in [0.15, 0.2) is 0 Å². The van der Waals surface area contributed by atoms with Crippen LogP contribution in [0.25, 0.3) is 0 Å². The van der Waals surface area contributed by atoms with Crippen LogP contribution in [0.15, 0.2) is 40.6 Å². The van der Waals surface area contributed by atoms with Crippen molar-refractivity contribution in [2.24, 2.45) is 0 Å². The lowest BCUT2D eigenvalue weighted by atomic mass is 10.2. The summed E-state index contributed by atoms with van der Waals surface area (Å²) in [6.45, 7) is 0.174. The topological polar surface area (TPSA) is 63.2 Å². The second-order valence-electron chi connectivity index (χ2n) is 3.85. The molecule has 0 unspecified atom stereocenters. The molecule has 1 N–H and O–H groups in total. The molecule has 1 aromatic carbocycles. The van der Waals surface area contributed by atoms with Gasteiger partial charge in [0.1, 0.15) is 10.0 Å². The first-order valence-electron chi connectivity index (χ1n) is 5.43. The Hall–Kier alpha value is -1.44. The summed E-state index contributed by atoms with van der Waals surface area (Å²) in [6, 6.07) is 8.08. The Morgan fingerprint density at radius 3 is 2.40 bits per heavy atom. The van der Waals surface area contributed by atoms with Gasteiger partial charge < -0.3 is 5.32 Å². The number of thiophene rings is 1. The lowest BCUT2D eigenvalue weighted by Gasteiger charge is -2.03. The molecule has 0 fully saturated rings. The highest BCUT2D eigenvalue weighted by Gasteiger charge is 2.13. The maximum atomic E-state index is 12.7. The molecule has 0 saturated carbocycles. The van der Waals surface area contributed by atoms with E-state index < -0.39 is 14.9 Å². The summed E-state index contributed by atoms with van der Waals surface area (Å²) in [6.07, 6.45) is 0. The molecule has 106 valence electrons. The van der Waals surface area contributed by atoms with Crippen LogP contribution in [0.2, 0.25) is 0 Å². The zero-order chi connectivity index (χ0) is 14.8. The van der Waals surface area contributed by atoms with E-state index >= 15 is 0 Å². The van der Waals surface area contributed by atoms with E-state index in [1.165, 1.54) is 30.3 Å². The molecule has 0 spiro atoms. The van der Waals surface area contributed by atoms with Gasteiger partial charge in [0, 0.05) is 21.1 Å². The molecule has 20 heavy (non-hydrogen) atoms. The number of halogens is 2. The molecule has 0 bridgehead atoms. The molecule has 0 aliphatic rings. The van der Waals surface area contributed by atoms with Gasteiger partial charge in [-0.05, 0) is 36.4 Å². The molecule has 0 atom stereocenters. The van der Waals surface area contributed by atoms with Gasteiger partial charge in [-0.1, -0.05) is 0 Å². The van der Waals surface area contributed by atoms with Crippen LogP contribution in [-0.2, 0) is 15.6 Å². The van der Waals surface area contributed by atoms with E-state index in [0.717, 1.165) is 11.3 Å². The van der Waals surface area contributed by atoms with Crippen LogP contribution in [0.4, 0.5) is 4.39 Å². The number of hydrogen-bond donors (Lipinski definition) is 1. The summed E-state index contributed by atoms with van der Waals surface area (Å²) >= 11 is 0.985. The van der Waals surface area contributed by atoms with Crippen LogP contribution in [0.3, 0.4) is 0 Å². The van der Waals surface area contributed by atoms with Gasteiger partial charge in [-0.2, -0.15) is 0 Å². The molecular formula is C12H9ClFNO3S2. The average molecular weight is 334 g/mol. The van der Waals surface area contributed by atoms with Crippen molar-refractivity contribution in [3.8, 4) is 0 Å². The summed E-state index contributed by atoms with van der Waals surface area (Å²) in [5.74, 6) is -0.787. The SMILES string of the molecule is O=C(NCc1ccc(S(=O)(=O)Cl)s1)c1ccc(F)cc1. The molecule has 2 aromatic rings. The predicted molar refractivity (Wildman–Crippen MR) is 74.9 cm³/mol. The van der Waals surface area contributed by atoms with Crippen molar-refractivity contribution in [3.63, 3.8) is 0 Å². The average Bonchev–Trinajstić information content (AvgIpc) is 2.85. The molecule has 1 heterocycles. The monoisotopic (exact) mass is 333 g/mol. The zero-order valence-electron chi connectivity index (χ0n) is 9.97. The van der Waals surface area contributed by atoms with Crippen molar-refractivity contribution in [2.75, 3.05) is 0 Å². The van der Waals surface area contributed by atoms with Crippen LogP contribution in [0, 0.1) is 5.82 Å². The summed E-state index contributed by atoms with van der Waals surface area (Å²) in [5.41, 5.74) is 0.327. The fraction of sp³-hybridized carbons (Fsp3) is 0.0833. The van der Waals surface area contributed by atoms with Crippen LogP contribution < -0.4 is 5.32 Å². The Labute approximate surface area is 123 Å². The first kappa shape index (κ1) is 15.0. The number of rotatable bonds is 4. The second kappa shape index (κ2) is 5.90. The molecule has 0 aliphatic carbocycles. The predicted octanol–water partition coefficient (Wildman–Crippen LogP) is 2.74. The van der Waals surface area contributed by atoms with Crippen molar-refractivity contribution in [1.82, 2.24) is 5.32 Å². The maximum absolute atomic E-state index is 12.7. The van der Waals surface area contributed by atoms with E-state index in [-0.39, 0.29) is 16.7 Å². The van der Waals surface area contributed by atoms with E-state index in [1.54, 1.807) is 6.07 Å². The number of nitrogens with one attached hydrogen (secondary N) is 1. The minimum absolute atomic E-state index is 0.0326. The van der Waals surface area contributed by atoms with E-state index in [4.69, 9.17) is 10.7 Å². The number of hydrogen-bond acceptors (Lipinski definition) is 4. The summed E-state index contributed by atoms with van der Waals surface area (Å²) in [5, 5.41) is 2.61. The Balaban J connectivity index is 2.00. The van der Waals surface area contributed by atoms with Crippen LogP contribution >= 0.6 is 22.0 Å². The molecule has 0 aliphatic heterocycles. The fourth-order valence-corrected chi connectivity index (χ4v) is 3.52.